The molecule has 0 radical (unpaired) electrons. The molecular formula is C17H25NOS. The summed E-state index contributed by atoms with van der Waals surface area (Å²) in [4.78, 5) is 1.40. The molecule has 2 nitrogen and oxygen atoms in total. The normalized spacial score (nSPS) is 14.8. The molecule has 0 aliphatic rings. The molecule has 3 heteroatoms. The molecule has 0 aliphatic carbocycles. The van der Waals surface area contributed by atoms with Gasteiger partial charge in [-0.25, -0.2) is 0 Å². The smallest absolute Gasteiger partial charge is 0.0622 e. The van der Waals surface area contributed by atoms with Crippen molar-refractivity contribution in [1.82, 2.24) is 5.32 Å². The van der Waals surface area contributed by atoms with Gasteiger partial charge >= 0.3 is 0 Å². The summed E-state index contributed by atoms with van der Waals surface area (Å²) < 4.78 is 6.96. The fourth-order valence-electron chi connectivity index (χ4n) is 2.30. The molecule has 0 bridgehead atoms. The summed E-state index contributed by atoms with van der Waals surface area (Å²) in [5, 5.41) is 5.05. The molecule has 110 valence electrons. The van der Waals surface area contributed by atoms with Gasteiger partial charge in [-0.1, -0.05) is 32.0 Å². The SMILES string of the molecule is CCOCC(NC(C)c1cc2ccccc2s1)C(C)C. The van der Waals surface area contributed by atoms with Crippen molar-refractivity contribution in [2.75, 3.05) is 13.2 Å². The highest BCUT2D eigenvalue weighted by Crippen LogP contribution is 2.30. The molecule has 0 saturated carbocycles. The summed E-state index contributed by atoms with van der Waals surface area (Å²) in [7, 11) is 0. The standard InChI is InChI=1S/C17H25NOS/c1-5-19-11-15(12(2)3)18-13(4)17-10-14-8-6-7-9-16(14)20-17/h6-10,12-13,15,18H,5,11H2,1-4H3. The monoisotopic (exact) mass is 291 g/mol. The highest BCUT2D eigenvalue weighted by molar-refractivity contribution is 7.19. The van der Waals surface area contributed by atoms with E-state index in [2.05, 4.69) is 56.4 Å². The van der Waals surface area contributed by atoms with Gasteiger partial charge in [-0.3, -0.25) is 0 Å². The van der Waals surface area contributed by atoms with Crippen LogP contribution in [0.3, 0.4) is 0 Å². The van der Waals surface area contributed by atoms with E-state index in [9.17, 15) is 0 Å². The van der Waals surface area contributed by atoms with Crippen molar-refractivity contribution in [2.45, 2.75) is 39.8 Å². The number of benzene rings is 1. The molecule has 2 atom stereocenters. The van der Waals surface area contributed by atoms with Gasteiger partial charge in [-0.2, -0.15) is 0 Å². The Bertz CT molecular complexity index is 502. The fourth-order valence-corrected chi connectivity index (χ4v) is 3.37. The van der Waals surface area contributed by atoms with Gasteiger partial charge in [0.25, 0.3) is 0 Å². The van der Waals surface area contributed by atoms with Crippen molar-refractivity contribution in [3.05, 3.63) is 35.2 Å². The minimum Gasteiger partial charge on any atom is -0.380 e. The van der Waals surface area contributed by atoms with E-state index in [1.54, 1.807) is 0 Å². The second kappa shape index (κ2) is 7.21. The number of hydrogen-bond acceptors (Lipinski definition) is 3. The lowest BCUT2D eigenvalue weighted by atomic mass is 10.0. The Morgan fingerprint density at radius 3 is 2.60 bits per heavy atom. The third kappa shape index (κ3) is 3.81. The van der Waals surface area contributed by atoms with Crippen LogP contribution in [0, 0.1) is 5.92 Å². The molecular weight excluding hydrogens is 266 g/mol. The molecule has 0 aliphatic heterocycles. The highest BCUT2D eigenvalue weighted by Gasteiger charge is 2.18. The molecule has 1 aromatic heterocycles. The first-order valence-corrected chi connectivity index (χ1v) is 8.25. The molecule has 2 aromatic rings. The molecule has 1 aromatic carbocycles. The van der Waals surface area contributed by atoms with Crippen LogP contribution in [0.4, 0.5) is 0 Å². The van der Waals surface area contributed by atoms with Crippen LogP contribution in [0.1, 0.15) is 38.6 Å². The summed E-state index contributed by atoms with van der Waals surface area (Å²) in [6, 6.07) is 11.6. The van der Waals surface area contributed by atoms with E-state index in [0.717, 1.165) is 13.2 Å². The van der Waals surface area contributed by atoms with Crippen molar-refractivity contribution in [1.29, 1.82) is 0 Å². The maximum atomic E-state index is 5.59. The first-order chi connectivity index (χ1) is 9.61. The van der Waals surface area contributed by atoms with Crippen LogP contribution in [0.25, 0.3) is 10.1 Å². The first-order valence-electron chi connectivity index (χ1n) is 7.44. The van der Waals surface area contributed by atoms with Gasteiger partial charge in [0, 0.05) is 28.3 Å². The predicted molar refractivity (Wildman–Crippen MR) is 88.5 cm³/mol. The molecule has 0 spiro atoms. The van der Waals surface area contributed by atoms with Gasteiger partial charge < -0.3 is 10.1 Å². The fraction of sp³-hybridized carbons (Fsp3) is 0.529. The van der Waals surface area contributed by atoms with Crippen LogP contribution in [0.5, 0.6) is 0 Å². The van der Waals surface area contributed by atoms with Gasteiger partial charge in [-0.15, -0.1) is 11.3 Å². The maximum Gasteiger partial charge on any atom is 0.0622 e. The number of fused-ring (bicyclic) bond motifs is 1. The summed E-state index contributed by atoms with van der Waals surface area (Å²) in [5.41, 5.74) is 0. The van der Waals surface area contributed by atoms with E-state index in [0.29, 0.717) is 18.0 Å². The number of thiophene rings is 1. The van der Waals surface area contributed by atoms with Crippen molar-refractivity contribution < 1.29 is 4.74 Å². The van der Waals surface area contributed by atoms with Crippen LogP contribution in [-0.4, -0.2) is 19.3 Å². The number of nitrogens with one attached hydrogen (secondary N) is 1. The number of hydrogen-bond donors (Lipinski definition) is 1. The average molecular weight is 291 g/mol. The molecule has 0 fully saturated rings. The Kier molecular flexibility index (Phi) is 5.58. The second-order valence-corrected chi connectivity index (χ2v) is 6.70. The Hall–Kier alpha value is -0.900. The van der Waals surface area contributed by atoms with Crippen molar-refractivity contribution in [3.63, 3.8) is 0 Å². The quantitative estimate of drug-likeness (QED) is 0.804. The van der Waals surface area contributed by atoms with Crippen LogP contribution in [-0.2, 0) is 4.74 Å². The van der Waals surface area contributed by atoms with E-state index in [1.807, 2.05) is 18.3 Å². The molecule has 2 rings (SSSR count). The topological polar surface area (TPSA) is 21.3 Å². The highest BCUT2D eigenvalue weighted by atomic mass is 32.1. The average Bonchev–Trinajstić information content (AvgIpc) is 2.86. The first kappa shape index (κ1) is 15.5. The van der Waals surface area contributed by atoms with Crippen LogP contribution in [0.15, 0.2) is 30.3 Å². The largest absolute Gasteiger partial charge is 0.380 e. The lowest BCUT2D eigenvalue weighted by molar-refractivity contribution is 0.104. The Morgan fingerprint density at radius 1 is 1.20 bits per heavy atom. The van der Waals surface area contributed by atoms with Gasteiger partial charge in [-0.05, 0) is 37.3 Å². The minimum absolute atomic E-state index is 0.361. The van der Waals surface area contributed by atoms with Gasteiger partial charge in [0.05, 0.1) is 6.61 Å². The number of ether oxygens (including phenoxy) is 1. The molecule has 0 amide bonds. The van der Waals surface area contributed by atoms with Crippen LogP contribution in [0.2, 0.25) is 0 Å². The molecule has 20 heavy (non-hydrogen) atoms. The van der Waals surface area contributed by atoms with Crippen molar-refractivity contribution in [2.24, 2.45) is 5.92 Å². The lowest BCUT2D eigenvalue weighted by Gasteiger charge is -2.25. The van der Waals surface area contributed by atoms with E-state index >= 15 is 0 Å². The summed E-state index contributed by atoms with van der Waals surface area (Å²) in [5.74, 6) is 0.568. The summed E-state index contributed by atoms with van der Waals surface area (Å²) in [6.45, 7) is 10.3. The van der Waals surface area contributed by atoms with E-state index in [1.165, 1.54) is 15.0 Å². The Balaban J connectivity index is 2.07. The third-order valence-corrected chi connectivity index (χ3v) is 4.94. The zero-order chi connectivity index (χ0) is 14.5. The van der Waals surface area contributed by atoms with E-state index in [-0.39, 0.29) is 0 Å². The molecule has 2 unspecified atom stereocenters. The predicted octanol–water partition coefficient (Wildman–Crippen LogP) is 4.61. The van der Waals surface area contributed by atoms with Gasteiger partial charge in [0.15, 0.2) is 0 Å². The second-order valence-electron chi connectivity index (χ2n) is 5.58. The van der Waals surface area contributed by atoms with Gasteiger partial charge in [0.2, 0.25) is 0 Å². The molecule has 0 saturated heterocycles. The van der Waals surface area contributed by atoms with Crippen molar-refractivity contribution >= 4 is 21.4 Å². The Labute approximate surface area is 126 Å². The minimum atomic E-state index is 0.361. The third-order valence-electron chi connectivity index (χ3n) is 3.64. The van der Waals surface area contributed by atoms with Crippen molar-refractivity contribution in [3.8, 4) is 0 Å². The van der Waals surface area contributed by atoms with E-state index < -0.39 is 0 Å². The molecule has 1 heterocycles. The zero-order valence-electron chi connectivity index (χ0n) is 12.8. The van der Waals surface area contributed by atoms with Crippen LogP contribution >= 0.6 is 11.3 Å². The Morgan fingerprint density at radius 2 is 1.95 bits per heavy atom. The summed E-state index contributed by atoms with van der Waals surface area (Å²) >= 11 is 1.88. The zero-order valence-corrected chi connectivity index (χ0v) is 13.7. The van der Waals surface area contributed by atoms with E-state index in [4.69, 9.17) is 4.74 Å². The van der Waals surface area contributed by atoms with Crippen LogP contribution < -0.4 is 5.32 Å². The molecule has 1 N–H and O–H groups in total. The lowest BCUT2D eigenvalue weighted by Crippen LogP contribution is -2.39. The van der Waals surface area contributed by atoms with Gasteiger partial charge in [0.1, 0.15) is 0 Å². The maximum absolute atomic E-state index is 5.59. The number of rotatable bonds is 7. The summed E-state index contributed by atoms with van der Waals surface area (Å²) in [6.07, 6.45) is 0.